The maximum atomic E-state index is 6.29. The zero-order chi connectivity index (χ0) is 38.2. The lowest BCUT2D eigenvalue weighted by molar-refractivity contribution is 0.655. The molecule has 6 heteroatoms. The van der Waals surface area contributed by atoms with Crippen LogP contribution in [-0.4, -0.2) is 19.9 Å². The minimum Gasteiger partial charge on any atom is -0.456 e. The normalized spacial score (nSPS) is 11.8. The van der Waals surface area contributed by atoms with Gasteiger partial charge in [-0.3, -0.25) is 0 Å². The summed E-state index contributed by atoms with van der Waals surface area (Å²) in [4.78, 5) is 20.6. The van der Waals surface area contributed by atoms with E-state index in [0.29, 0.717) is 23.2 Å². The van der Waals surface area contributed by atoms with Gasteiger partial charge < -0.3 is 8.83 Å². The number of benzene rings is 8. The number of rotatable bonds is 5. The highest BCUT2D eigenvalue weighted by Gasteiger charge is 2.20. The van der Waals surface area contributed by atoms with Crippen LogP contribution in [0.2, 0.25) is 0 Å². The molecule has 8 aromatic carbocycles. The van der Waals surface area contributed by atoms with E-state index in [-0.39, 0.29) is 0 Å². The largest absolute Gasteiger partial charge is 0.456 e. The number of hydrogen-bond acceptors (Lipinski definition) is 6. The van der Waals surface area contributed by atoms with Gasteiger partial charge >= 0.3 is 0 Å². The quantitative estimate of drug-likeness (QED) is 0.175. The Balaban J connectivity index is 1.02. The smallest absolute Gasteiger partial charge is 0.228 e. The Labute approximate surface area is 331 Å². The molecule has 270 valence electrons. The lowest BCUT2D eigenvalue weighted by atomic mass is 9.99. The van der Waals surface area contributed by atoms with Crippen molar-refractivity contribution in [1.82, 2.24) is 19.9 Å². The summed E-state index contributed by atoms with van der Waals surface area (Å²) in [5.41, 5.74) is 9.72. The summed E-state index contributed by atoms with van der Waals surface area (Å²) in [7, 11) is 0. The summed E-state index contributed by atoms with van der Waals surface area (Å²) >= 11 is 0. The summed E-state index contributed by atoms with van der Waals surface area (Å²) < 4.78 is 12.6. The van der Waals surface area contributed by atoms with Crippen LogP contribution in [0.15, 0.2) is 191 Å². The maximum absolute atomic E-state index is 6.29. The van der Waals surface area contributed by atoms with Crippen molar-refractivity contribution in [2.75, 3.05) is 0 Å². The van der Waals surface area contributed by atoms with Crippen molar-refractivity contribution < 1.29 is 8.83 Å². The third kappa shape index (κ3) is 5.20. The van der Waals surface area contributed by atoms with Gasteiger partial charge in [-0.1, -0.05) is 152 Å². The van der Waals surface area contributed by atoms with Crippen LogP contribution in [0.4, 0.5) is 0 Å². The molecule has 12 rings (SSSR count). The topological polar surface area (TPSA) is 77.8 Å². The van der Waals surface area contributed by atoms with E-state index in [1.165, 1.54) is 10.8 Å². The van der Waals surface area contributed by atoms with E-state index in [1.807, 2.05) is 48.5 Å². The van der Waals surface area contributed by atoms with Crippen LogP contribution in [0.25, 0.3) is 122 Å². The zero-order valence-corrected chi connectivity index (χ0v) is 30.9. The molecule has 0 spiro atoms. The molecule has 0 atom stereocenters. The second-order valence-electron chi connectivity index (χ2n) is 14.6. The average molecular weight is 743 g/mol. The maximum Gasteiger partial charge on any atom is 0.228 e. The van der Waals surface area contributed by atoms with Crippen molar-refractivity contribution in [3.8, 4) is 56.5 Å². The minimum absolute atomic E-state index is 0.568. The van der Waals surface area contributed by atoms with E-state index in [9.17, 15) is 0 Å². The van der Waals surface area contributed by atoms with Crippen molar-refractivity contribution in [1.29, 1.82) is 0 Å². The molecular weight excluding hydrogens is 713 g/mol. The first kappa shape index (κ1) is 32.3. The molecule has 4 aromatic heterocycles. The molecule has 0 N–H and O–H groups in total. The van der Waals surface area contributed by atoms with E-state index in [1.54, 1.807) is 0 Å². The molecule has 0 aliphatic rings. The third-order valence-electron chi connectivity index (χ3n) is 11.1. The number of aromatic nitrogens is 4. The Morgan fingerprint density at radius 1 is 0.310 bits per heavy atom. The van der Waals surface area contributed by atoms with E-state index < -0.39 is 0 Å². The van der Waals surface area contributed by atoms with Crippen LogP contribution >= 0.6 is 0 Å². The molecule has 58 heavy (non-hydrogen) atoms. The summed E-state index contributed by atoms with van der Waals surface area (Å²) in [6.45, 7) is 0. The first-order valence-electron chi connectivity index (χ1n) is 19.3. The van der Waals surface area contributed by atoms with Gasteiger partial charge in [-0.05, 0) is 57.6 Å². The standard InChI is InChI=1S/C52H30N4O2/c1-2-12-34-29-36(28-23-31(34)11-1)35-13-9-14-37(30-35)50-54-49(55-51(56-50)42-19-10-22-45-46(42)40-17-5-7-20-43(40)57-45)33-26-24-32(25-27-33)48-39-16-4-3-15-38(39)47-41-18-6-8-21-44(41)58-52(47)53-48/h1-30H. The number of nitrogens with zero attached hydrogens (tertiary/aromatic N) is 4. The van der Waals surface area contributed by atoms with Crippen molar-refractivity contribution in [3.05, 3.63) is 182 Å². The summed E-state index contributed by atoms with van der Waals surface area (Å²) in [6.07, 6.45) is 0. The van der Waals surface area contributed by atoms with Crippen LogP contribution in [-0.2, 0) is 0 Å². The van der Waals surface area contributed by atoms with Gasteiger partial charge in [0.15, 0.2) is 17.5 Å². The van der Waals surface area contributed by atoms with Gasteiger partial charge in [0.2, 0.25) is 5.71 Å². The van der Waals surface area contributed by atoms with Crippen molar-refractivity contribution in [3.63, 3.8) is 0 Å². The summed E-state index contributed by atoms with van der Waals surface area (Å²) in [6, 6.07) is 62.4. The Morgan fingerprint density at radius 3 is 1.71 bits per heavy atom. The SMILES string of the molecule is c1cc(-c2ccc3ccccc3c2)cc(-c2nc(-c3ccc(-c4nc5oc6ccccc6c5c5ccccc45)cc3)nc(-c3cccc4oc5ccccc5c34)n2)c1. The first-order chi connectivity index (χ1) is 28.7. The average Bonchev–Trinajstić information content (AvgIpc) is 3.87. The Morgan fingerprint density at radius 2 is 0.879 bits per heavy atom. The molecule has 0 saturated carbocycles. The van der Waals surface area contributed by atoms with Gasteiger partial charge in [0.05, 0.1) is 11.1 Å². The van der Waals surface area contributed by atoms with Gasteiger partial charge in [-0.25, -0.2) is 19.9 Å². The molecule has 0 unspecified atom stereocenters. The number of furan rings is 2. The fourth-order valence-electron chi connectivity index (χ4n) is 8.36. The molecule has 0 fully saturated rings. The number of pyridine rings is 1. The highest BCUT2D eigenvalue weighted by Crippen LogP contribution is 2.40. The van der Waals surface area contributed by atoms with Crippen LogP contribution in [0.3, 0.4) is 0 Å². The fourth-order valence-corrected chi connectivity index (χ4v) is 8.36. The molecule has 4 heterocycles. The van der Waals surface area contributed by atoms with Gasteiger partial charge in [0.1, 0.15) is 16.7 Å². The second kappa shape index (κ2) is 12.8. The van der Waals surface area contributed by atoms with Crippen LogP contribution in [0, 0.1) is 0 Å². The highest BCUT2D eigenvalue weighted by atomic mass is 16.3. The van der Waals surface area contributed by atoms with Gasteiger partial charge in [0.25, 0.3) is 0 Å². The molecule has 0 amide bonds. The van der Waals surface area contributed by atoms with Crippen LogP contribution in [0.5, 0.6) is 0 Å². The first-order valence-corrected chi connectivity index (χ1v) is 19.3. The Bertz CT molecular complexity index is 3580. The van der Waals surface area contributed by atoms with Crippen LogP contribution in [0.1, 0.15) is 0 Å². The van der Waals surface area contributed by atoms with E-state index in [0.717, 1.165) is 88.1 Å². The second-order valence-corrected chi connectivity index (χ2v) is 14.6. The van der Waals surface area contributed by atoms with Crippen molar-refractivity contribution in [2.24, 2.45) is 0 Å². The summed E-state index contributed by atoms with van der Waals surface area (Å²) in [5.74, 6) is 1.72. The number of para-hydroxylation sites is 2. The number of fused-ring (bicyclic) bond motifs is 9. The van der Waals surface area contributed by atoms with Crippen molar-refractivity contribution in [2.45, 2.75) is 0 Å². The molecular formula is C52H30N4O2. The highest BCUT2D eigenvalue weighted by molar-refractivity contribution is 6.20. The van der Waals surface area contributed by atoms with E-state index >= 15 is 0 Å². The number of hydrogen-bond donors (Lipinski definition) is 0. The molecule has 0 radical (unpaired) electrons. The predicted octanol–water partition coefficient (Wildman–Crippen LogP) is 13.7. The lowest BCUT2D eigenvalue weighted by Crippen LogP contribution is -2.00. The fraction of sp³-hybridized carbons (Fsp3) is 0. The van der Waals surface area contributed by atoms with Crippen LogP contribution < -0.4 is 0 Å². The Kier molecular flexibility index (Phi) is 7.13. The van der Waals surface area contributed by atoms with Gasteiger partial charge in [0, 0.05) is 43.8 Å². The van der Waals surface area contributed by atoms with Gasteiger partial charge in [-0.2, -0.15) is 0 Å². The minimum atomic E-state index is 0.568. The lowest BCUT2D eigenvalue weighted by Gasteiger charge is -2.11. The molecule has 12 aromatic rings. The molecule has 0 bridgehead atoms. The zero-order valence-electron chi connectivity index (χ0n) is 30.9. The monoisotopic (exact) mass is 742 g/mol. The van der Waals surface area contributed by atoms with E-state index in [2.05, 4.69) is 133 Å². The summed E-state index contributed by atoms with van der Waals surface area (Å²) in [5, 5.41) is 8.65. The third-order valence-corrected chi connectivity index (χ3v) is 11.1. The Hall–Kier alpha value is -7.96. The van der Waals surface area contributed by atoms with Crippen molar-refractivity contribution >= 4 is 65.6 Å². The predicted molar refractivity (Wildman–Crippen MR) is 234 cm³/mol. The molecule has 0 aliphatic heterocycles. The molecule has 6 nitrogen and oxygen atoms in total. The molecule has 0 saturated heterocycles. The van der Waals surface area contributed by atoms with E-state index in [4.69, 9.17) is 28.8 Å². The van der Waals surface area contributed by atoms with Gasteiger partial charge in [-0.15, -0.1) is 0 Å². The molecule has 0 aliphatic carbocycles.